The molecular formula is C19H23ClN2OS. The molecule has 0 amide bonds. The molecule has 1 atom stereocenters. The predicted molar refractivity (Wildman–Crippen MR) is 106 cm³/mol. The first-order chi connectivity index (χ1) is 11.4. The van der Waals surface area contributed by atoms with E-state index < -0.39 is 0 Å². The summed E-state index contributed by atoms with van der Waals surface area (Å²) in [4.78, 5) is 0. The topological polar surface area (TPSA) is 33.3 Å². The number of anilines is 1. The number of benzene rings is 2. The molecule has 0 saturated carbocycles. The van der Waals surface area contributed by atoms with Crippen LogP contribution in [0.25, 0.3) is 0 Å². The fraction of sp³-hybridized carbons (Fsp3) is 0.316. The lowest BCUT2D eigenvalue weighted by Gasteiger charge is -2.22. The Labute approximate surface area is 154 Å². The number of ether oxygens (including phenoxy) is 1. The van der Waals surface area contributed by atoms with Crippen LogP contribution >= 0.6 is 23.8 Å². The highest BCUT2D eigenvalue weighted by molar-refractivity contribution is 7.80. The van der Waals surface area contributed by atoms with Gasteiger partial charge in [-0.2, -0.15) is 0 Å². The molecule has 5 heteroatoms. The van der Waals surface area contributed by atoms with Crippen LogP contribution in [0.3, 0.4) is 0 Å². The number of rotatable bonds is 5. The summed E-state index contributed by atoms with van der Waals surface area (Å²) < 4.78 is 5.16. The smallest absolute Gasteiger partial charge is 0.171 e. The van der Waals surface area contributed by atoms with Crippen LogP contribution in [0.5, 0.6) is 5.75 Å². The van der Waals surface area contributed by atoms with Crippen LogP contribution in [0.4, 0.5) is 5.69 Å². The molecule has 2 aromatic carbocycles. The number of hydrogen-bond donors (Lipinski definition) is 2. The Hall–Kier alpha value is -1.78. The lowest BCUT2D eigenvalue weighted by atomic mass is 9.98. The highest BCUT2D eigenvalue weighted by Gasteiger charge is 2.13. The van der Waals surface area contributed by atoms with E-state index in [1.54, 1.807) is 13.2 Å². The molecule has 24 heavy (non-hydrogen) atoms. The Balaban J connectivity index is 2.08. The van der Waals surface area contributed by atoms with E-state index in [9.17, 15) is 0 Å². The standard InChI is InChI=1S/C19H23ClN2OS/c1-5-17(15-8-6-12(2)10-13(15)3)22-19(24)21-14-7-9-18(23-4)16(20)11-14/h6-11,17H,5H2,1-4H3,(H2,21,22,24). The summed E-state index contributed by atoms with van der Waals surface area (Å²) in [7, 11) is 1.59. The van der Waals surface area contributed by atoms with Crippen molar-refractivity contribution in [3.63, 3.8) is 0 Å². The van der Waals surface area contributed by atoms with E-state index in [1.165, 1.54) is 16.7 Å². The van der Waals surface area contributed by atoms with Crippen molar-refractivity contribution < 1.29 is 4.74 Å². The normalized spacial score (nSPS) is 11.7. The van der Waals surface area contributed by atoms with Gasteiger partial charge in [-0.15, -0.1) is 0 Å². The molecule has 0 bridgehead atoms. The van der Waals surface area contributed by atoms with E-state index in [0.717, 1.165) is 12.1 Å². The summed E-state index contributed by atoms with van der Waals surface area (Å²) >= 11 is 11.6. The fourth-order valence-electron chi connectivity index (χ4n) is 2.69. The maximum atomic E-state index is 6.15. The third-order valence-electron chi connectivity index (χ3n) is 3.92. The second-order valence-electron chi connectivity index (χ2n) is 5.77. The Morgan fingerprint density at radius 3 is 2.54 bits per heavy atom. The zero-order valence-corrected chi connectivity index (χ0v) is 16.0. The van der Waals surface area contributed by atoms with Crippen LogP contribution in [0.1, 0.15) is 36.1 Å². The first kappa shape index (κ1) is 18.6. The molecule has 3 nitrogen and oxygen atoms in total. The SMILES string of the molecule is CCC(NC(=S)Nc1ccc(OC)c(Cl)c1)c1ccc(C)cc1C. The molecule has 0 spiro atoms. The summed E-state index contributed by atoms with van der Waals surface area (Å²) in [5.41, 5.74) is 4.62. The van der Waals surface area contributed by atoms with Crippen LogP contribution < -0.4 is 15.4 Å². The van der Waals surface area contributed by atoms with Gasteiger partial charge in [-0.3, -0.25) is 0 Å². The van der Waals surface area contributed by atoms with Crippen LogP contribution in [-0.2, 0) is 0 Å². The molecule has 0 aliphatic carbocycles. The average Bonchev–Trinajstić information content (AvgIpc) is 2.53. The third kappa shape index (κ3) is 4.62. The number of thiocarbonyl (C=S) groups is 1. The lowest BCUT2D eigenvalue weighted by molar-refractivity contribution is 0.415. The molecule has 0 aliphatic rings. The monoisotopic (exact) mass is 362 g/mol. The van der Waals surface area contributed by atoms with E-state index in [0.29, 0.717) is 15.9 Å². The molecule has 0 aromatic heterocycles. The van der Waals surface area contributed by atoms with Crippen molar-refractivity contribution in [3.8, 4) is 5.75 Å². The van der Waals surface area contributed by atoms with E-state index in [-0.39, 0.29) is 6.04 Å². The molecule has 2 aromatic rings. The number of aryl methyl sites for hydroxylation is 2. The molecule has 0 fully saturated rings. The largest absolute Gasteiger partial charge is 0.495 e. The summed E-state index contributed by atoms with van der Waals surface area (Å²) in [5.74, 6) is 0.641. The average molecular weight is 363 g/mol. The summed E-state index contributed by atoms with van der Waals surface area (Å²) in [5, 5.41) is 7.69. The third-order valence-corrected chi connectivity index (χ3v) is 4.44. The van der Waals surface area contributed by atoms with Gasteiger partial charge >= 0.3 is 0 Å². The van der Waals surface area contributed by atoms with Gasteiger partial charge in [0.1, 0.15) is 5.75 Å². The van der Waals surface area contributed by atoms with Gasteiger partial charge in [-0.25, -0.2) is 0 Å². The maximum Gasteiger partial charge on any atom is 0.171 e. The molecule has 2 N–H and O–H groups in total. The highest BCUT2D eigenvalue weighted by atomic mass is 35.5. The Bertz CT molecular complexity index is 733. The van der Waals surface area contributed by atoms with Gasteiger partial charge in [0.15, 0.2) is 5.11 Å². The van der Waals surface area contributed by atoms with Crippen molar-refractivity contribution in [2.45, 2.75) is 33.2 Å². The van der Waals surface area contributed by atoms with Crippen molar-refractivity contribution >= 4 is 34.6 Å². The molecule has 0 saturated heterocycles. The van der Waals surface area contributed by atoms with E-state index in [4.69, 9.17) is 28.6 Å². The molecular weight excluding hydrogens is 340 g/mol. The quantitative estimate of drug-likeness (QED) is 0.697. The van der Waals surface area contributed by atoms with Gasteiger partial charge < -0.3 is 15.4 Å². The summed E-state index contributed by atoms with van der Waals surface area (Å²) in [6.07, 6.45) is 0.940. The maximum absolute atomic E-state index is 6.15. The van der Waals surface area contributed by atoms with Crippen LogP contribution in [0.15, 0.2) is 36.4 Å². The first-order valence-corrected chi connectivity index (χ1v) is 8.71. The molecule has 0 heterocycles. The lowest BCUT2D eigenvalue weighted by Crippen LogP contribution is -2.32. The van der Waals surface area contributed by atoms with Gasteiger partial charge in [0.05, 0.1) is 18.2 Å². The fourth-order valence-corrected chi connectivity index (χ4v) is 3.20. The van der Waals surface area contributed by atoms with Crippen molar-refractivity contribution in [2.75, 3.05) is 12.4 Å². The molecule has 2 rings (SSSR count). The highest BCUT2D eigenvalue weighted by Crippen LogP contribution is 2.27. The van der Waals surface area contributed by atoms with E-state index >= 15 is 0 Å². The minimum absolute atomic E-state index is 0.166. The van der Waals surface area contributed by atoms with Crippen molar-refractivity contribution in [1.29, 1.82) is 0 Å². The minimum atomic E-state index is 0.166. The van der Waals surface area contributed by atoms with Gasteiger partial charge in [-0.1, -0.05) is 42.3 Å². The van der Waals surface area contributed by atoms with Crippen molar-refractivity contribution in [2.24, 2.45) is 0 Å². The van der Waals surface area contributed by atoms with E-state index in [2.05, 4.69) is 49.6 Å². The second kappa shape index (κ2) is 8.36. The number of halogens is 1. The Morgan fingerprint density at radius 2 is 1.96 bits per heavy atom. The molecule has 0 aliphatic heterocycles. The molecule has 0 radical (unpaired) electrons. The van der Waals surface area contributed by atoms with Gasteiger partial charge in [0, 0.05) is 5.69 Å². The minimum Gasteiger partial charge on any atom is -0.495 e. The zero-order chi connectivity index (χ0) is 17.7. The summed E-state index contributed by atoms with van der Waals surface area (Å²) in [6, 6.07) is 12.2. The number of methoxy groups -OCH3 is 1. The number of nitrogens with one attached hydrogen (secondary N) is 2. The second-order valence-corrected chi connectivity index (χ2v) is 6.58. The zero-order valence-electron chi connectivity index (χ0n) is 14.4. The van der Waals surface area contributed by atoms with Crippen molar-refractivity contribution in [1.82, 2.24) is 5.32 Å². The van der Waals surface area contributed by atoms with E-state index in [1.807, 2.05) is 12.1 Å². The number of hydrogen-bond acceptors (Lipinski definition) is 2. The Kier molecular flexibility index (Phi) is 6.46. The Morgan fingerprint density at radius 1 is 1.21 bits per heavy atom. The summed E-state index contributed by atoms with van der Waals surface area (Å²) in [6.45, 7) is 6.38. The van der Waals surface area contributed by atoms with Crippen LogP contribution in [0, 0.1) is 13.8 Å². The molecule has 1 unspecified atom stereocenters. The predicted octanol–water partition coefficient (Wildman–Crippen LogP) is 5.40. The van der Waals surface area contributed by atoms with Gasteiger partial charge in [0.2, 0.25) is 0 Å². The molecule has 128 valence electrons. The van der Waals surface area contributed by atoms with Crippen LogP contribution in [-0.4, -0.2) is 12.2 Å². The van der Waals surface area contributed by atoms with Gasteiger partial charge in [-0.05, 0) is 61.8 Å². The van der Waals surface area contributed by atoms with Crippen LogP contribution in [0.2, 0.25) is 5.02 Å². The van der Waals surface area contributed by atoms with Crippen molar-refractivity contribution in [3.05, 3.63) is 58.1 Å². The first-order valence-electron chi connectivity index (χ1n) is 7.92. The van der Waals surface area contributed by atoms with Gasteiger partial charge in [0.25, 0.3) is 0 Å².